The third kappa shape index (κ3) is 3.22. The van der Waals surface area contributed by atoms with Crippen LogP contribution in [0.25, 0.3) is 0 Å². The first-order chi connectivity index (χ1) is 8.70. The van der Waals surface area contributed by atoms with E-state index < -0.39 is 0 Å². The topological polar surface area (TPSA) is 29.3 Å². The summed E-state index contributed by atoms with van der Waals surface area (Å²) in [5.74, 6) is 0.638. The lowest BCUT2D eigenvalue weighted by atomic mass is 10.0. The molecule has 0 aliphatic carbocycles. The average Bonchev–Trinajstić information content (AvgIpc) is 2.55. The zero-order valence-corrected chi connectivity index (χ0v) is 11.2. The Labute approximate surface area is 109 Å². The highest BCUT2D eigenvalue weighted by molar-refractivity contribution is 5.54. The minimum absolute atomic E-state index is 0.162. The summed E-state index contributed by atoms with van der Waals surface area (Å²) < 4.78 is 13.3. The highest BCUT2D eigenvalue weighted by Gasteiger charge is 2.16. The number of nitrogens with zero attached hydrogens (tertiary/aromatic N) is 1. The highest BCUT2D eigenvalue weighted by Crippen LogP contribution is 2.26. The van der Waals surface area contributed by atoms with Gasteiger partial charge in [-0.1, -0.05) is 6.92 Å². The van der Waals surface area contributed by atoms with Gasteiger partial charge in [0.05, 0.1) is 0 Å². The normalized spacial score (nSPS) is 20.8. The molecule has 1 saturated heterocycles. The molecule has 1 fully saturated rings. The molecule has 1 aromatic carbocycles. The predicted octanol–water partition coefficient (Wildman–Crippen LogP) is 2.95. The van der Waals surface area contributed by atoms with Gasteiger partial charge in [0, 0.05) is 18.8 Å². The van der Waals surface area contributed by atoms with Gasteiger partial charge < -0.3 is 10.6 Å². The number of benzene rings is 1. The van der Waals surface area contributed by atoms with E-state index in [0.29, 0.717) is 6.54 Å². The molecule has 0 saturated carbocycles. The fourth-order valence-corrected chi connectivity index (χ4v) is 2.72. The van der Waals surface area contributed by atoms with Gasteiger partial charge in [-0.2, -0.15) is 0 Å². The van der Waals surface area contributed by atoms with Crippen molar-refractivity contribution < 1.29 is 4.39 Å². The van der Waals surface area contributed by atoms with Crippen LogP contribution in [0.1, 0.15) is 31.7 Å². The maximum atomic E-state index is 13.3. The smallest absolute Gasteiger partial charge is 0.123 e. The standard InChI is InChI=1S/C15H23FN2/c1-12-3-2-9-18(10-7-12)15-5-4-14(16)11-13(15)6-8-17/h4-5,11-12H,2-3,6-10,17H2,1H3. The minimum Gasteiger partial charge on any atom is -0.371 e. The van der Waals surface area contributed by atoms with Crippen molar-refractivity contribution in [3.8, 4) is 0 Å². The van der Waals surface area contributed by atoms with E-state index in [2.05, 4.69) is 11.8 Å². The van der Waals surface area contributed by atoms with Crippen LogP contribution in [0.4, 0.5) is 10.1 Å². The molecule has 2 nitrogen and oxygen atoms in total. The van der Waals surface area contributed by atoms with E-state index in [1.165, 1.54) is 24.9 Å². The molecule has 0 radical (unpaired) electrons. The zero-order chi connectivity index (χ0) is 13.0. The van der Waals surface area contributed by atoms with E-state index >= 15 is 0 Å². The Kier molecular flexibility index (Phi) is 4.59. The predicted molar refractivity (Wildman–Crippen MR) is 74.4 cm³/mol. The summed E-state index contributed by atoms with van der Waals surface area (Å²) in [6.07, 6.45) is 4.49. The van der Waals surface area contributed by atoms with Gasteiger partial charge in [0.15, 0.2) is 0 Å². The summed E-state index contributed by atoms with van der Waals surface area (Å²) >= 11 is 0. The highest BCUT2D eigenvalue weighted by atomic mass is 19.1. The Morgan fingerprint density at radius 1 is 1.33 bits per heavy atom. The molecule has 0 amide bonds. The van der Waals surface area contributed by atoms with Gasteiger partial charge in [-0.05, 0) is 61.9 Å². The summed E-state index contributed by atoms with van der Waals surface area (Å²) in [4.78, 5) is 2.40. The maximum absolute atomic E-state index is 13.3. The summed E-state index contributed by atoms with van der Waals surface area (Å²) in [5, 5.41) is 0. The molecule has 2 rings (SSSR count). The van der Waals surface area contributed by atoms with Crippen LogP contribution in [0.3, 0.4) is 0 Å². The van der Waals surface area contributed by atoms with Crippen LogP contribution in [-0.4, -0.2) is 19.6 Å². The van der Waals surface area contributed by atoms with Crippen molar-refractivity contribution in [1.82, 2.24) is 0 Å². The van der Waals surface area contributed by atoms with Crippen LogP contribution >= 0.6 is 0 Å². The van der Waals surface area contributed by atoms with Gasteiger partial charge in [0.1, 0.15) is 5.82 Å². The largest absolute Gasteiger partial charge is 0.371 e. The molecular weight excluding hydrogens is 227 g/mol. The van der Waals surface area contributed by atoms with E-state index in [1.54, 1.807) is 12.1 Å². The monoisotopic (exact) mass is 250 g/mol. The molecule has 0 aromatic heterocycles. The van der Waals surface area contributed by atoms with Crippen LogP contribution in [0.15, 0.2) is 18.2 Å². The fraction of sp³-hybridized carbons (Fsp3) is 0.600. The number of anilines is 1. The van der Waals surface area contributed by atoms with Crippen molar-refractivity contribution in [2.75, 3.05) is 24.5 Å². The van der Waals surface area contributed by atoms with E-state index in [9.17, 15) is 4.39 Å². The van der Waals surface area contributed by atoms with E-state index in [0.717, 1.165) is 31.0 Å². The third-order valence-electron chi connectivity index (χ3n) is 3.81. The minimum atomic E-state index is -0.162. The summed E-state index contributed by atoms with van der Waals surface area (Å²) in [7, 11) is 0. The molecule has 1 unspecified atom stereocenters. The van der Waals surface area contributed by atoms with Crippen LogP contribution in [0.5, 0.6) is 0 Å². The van der Waals surface area contributed by atoms with Crippen molar-refractivity contribution in [3.63, 3.8) is 0 Å². The maximum Gasteiger partial charge on any atom is 0.123 e. The molecule has 1 aromatic rings. The first-order valence-corrected chi connectivity index (χ1v) is 6.94. The van der Waals surface area contributed by atoms with Crippen molar-refractivity contribution in [3.05, 3.63) is 29.6 Å². The van der Waals surface area contributed by atoms with Crippen molar-refractivity contribution in [1.29, 1.82) is 0 Å². The molecule has 1 heterocycles. The van der Waals surface area contributed by atoms with Gasteiger partial charge in [0.2, 0.25) is 0 Å². The molecule has 1 aliphatic rings. The quantitative estimate of drug-likeness (QED) is 0.893. The molecule has 18 heavy (non-hydrogen) atoms. The number of hydrogen-bond donors (Lipinski definition) is 1. The molecule has 1 aliphatic heterocycles. The van der Waals surface area contributed by atoms with Crippen LogP contribution in [0, 0.1) is 11.7 Å². The number of rotatable bonds is 3. The number of hydrogen-bond acceptors (Lipinski definition) is 2. The Morgan fingerprint density at radius 2 is 2.17 bits per heavy atom. The molecule has 1 atom stereocenters. The SMILES string of the molecule is CC1CCCN(c2ccc(F)cc2CCN)CC1. The Hall–Kier alpha value is -1.09. The molecule has 0 bridgehead atoms. The van der Waals surface area contributed by atoms with Crippen LogP contribution < -0.4 is 10.6 Å². The number of halogens is 1. The van der Waals surface area contributed by atoms with E-state index in [4.69, 9.17) is 5.73 Å². The van der Waals surface area contributed by atoms with Gasteiger partial charge in [0.25, 0.3) is 0 Å². The van der Waals surface area contributed by atoms with Gasteiger partial charge >= 0.3 is 0 Å². The third-order valence-corrected chi connectivity index (χ3v) is 3.81. The van der Waals surface area contributed by atoms with E-state index in [-0.39, 0.29) is 5.82 Å². The lowest BCUT2D eigenvalue weighted by Crippen LogP contribution is -2.25. The molecule has 100 valence electrons. The second kappa shape index (κ2) is 6.19. The zero-order valence-electron chi connectivity index (χ0n) is 11.2. The molecule has 3 heteroatoms. The van der Waals surface area contributed by atoms with Crippen LogP contribution in [-0.2, 0) is 6.42 Å². The van der Waals surface area contributed by atoms with Crippen molar-refractivity contribution >= 4 is 5.69 Å². The Balaban J connectivity index is 2.20. The average molecular weight is 250 g/mol. The summed E-state index contributed by atoms with van der Waals surface area (Å²) in [5.41, 5.74) is 7.85. The van der Waals surface area contributed by atoms with Crippen molar-refractivity contribution in [2.45, 2.75) is 32.6 Å². The van der Waals surface area contributed by atoms with Gasteiger partial charge in [-0.15, -0.1) is 0 Å². The first-order valence-electron chi connectivity index (χ1n) is 6.94. The second-order valence-corrected chi connectivity index (χ2v) is 5.33. The summed E-state index contributed by atoms with van der Waals surface area (Å²) in [6.45, 7) is 5.04. The first kappa shape index (κ1) is 13.3. The fourth-order valence-electron chi connectivity index (χ4n) is 2.72. The molecule has 0 spiro atoms. The molecular formula is C15H23FN2. The van der Waals surface area contributed by atoms with Gasteiger partial charge in [-0.25, -0.2) is 4.39 Å². The van der Waals surface area contributed by atoms with Gasteiger partial charge in [-0.3, -0.25) is 0 Å². The number of nitrogens with two attached hydrogens (primary N) is 1. The molecule has 2 N–H and O–H groups in total. The van der Waals surface area contributed by atoms with Crippen LogP contribution in [0.2, 0.25) is 0 Å². The lowest BCUT2D eigenvalue weighted by Gasteiger charge is -2.25. The van der Waals surface area contributed by atoms with Crippen molar-refractivity contribution in [2.24, 2.45) is 11.7 Å². The Morgan fingerprint density at radius 3 is 2.94 bits per heavy atom. The summed E-state index contributed by atoms with van der Waals surface area (Å²) in [6, 6.07) is 5.11. The van der Waals surface area contributed by atoms with E-state index in [1.807, 2.05) is 6.07 Å². The second-order valence-electron chi connectivity index (χ2n) is 5.33. The lowest BCUT2D eigenvalue weighted by molar-refractivity contribution is 0.521. The Bertz CT molecular complexity index is 392.